The summed E-state index contributed by atoms with van der Waals surface area (Å²) in [6.45, 7) is 2.44. The maximum absolute atomic E-state index is 13.1. The van der Waals surface area contributed by atoms with E-state index in [1.807, 2.05) is 55.5 Å². The molecule has 3 aromatic carbocycles. The lowest BCUT2D eigenvalue weighted by atomic mass is 10.1. The maximum atomic E-state index is 13.1. The van der Waals surface area contributed by atoms with Crippen LogP contribution in [0.5, 0.6) is 11.5 Å². The molecule has 0 amide bonds. The fourth-order valence-corrected chi connectivity index (χ4v) is 3.86. The predicted octanol–water partition coefficient (Wildman–Crippen LogP) is 7.10. The van der Waals surface area contributed by atoms with Crippen molar-refractivity contribution in [3.8, 4) is 11.5 Å². The first kappa shape index (κ1) is 23.0. The highest BCUT2D eigenvalue weighted by Gasteiger charge is 2.32. The Morgan fingerprint density at radius 2 is 1.67 bits per heavy atom. The normalized spacial score (nSPS) is 12.7. The number of imidazole rings is 1. The highest BCUT2D eigenvalue weighted by Crippen LogP contribution is 2.35. The second kappa shape index (κ2) is 9.35. The minimum absolute atomic E-state index is 0.00828. The summed E-state index contributed by atoms with van der Waals surface area (Å²) in [6.07, 6.45) is -2.46. The molecule has 8 heteroatoms. The number of hydrogen-bond acceptors (Lipinski definition) is 3. The van der Waals surface area contributed by atoms with Crippen molar-refractivity contribution in [1.29, 1.82) is 0 Å². The Labute approximate surface area is 194 Å². The van der Waals surface area contributed by atoms with Crippen LogP contribution in [0.15, 0.2) is 67.0 Å². The average Bonchev–Trinajstić information content (AvgIpc) is 3.22. The van der Waals surface area contributed by atoms with E-state index in [0.29, 0.717) is 24.0 Å². The largest absolute Gasteiger partial charge is 0.497 e. The minimum Gasteiger partial charge on any atom is -0.497 e. The van der Waals surface area contributed by atoms with Crippen molar-refractivity contribution in [3.05, 3.63) is 88.7 Å². The number of benzene rings is 3. The number of hydrogen-bond donors (Lipinski definition) is 0. The van der Waals surface area contributed by atoms with Crippen LogP contribution in [0.3, 0.4) is 0 Å². The molecule has 0 aliphatic heterocycles. The average molecular weight is 475 g/mol. The zero-order valence-electron chi connectivity index (χ0n) is 18.1. The minimum atomic E-state index is -4.47. The van der Waals surface area contributed by atoms with E-state index in [0.717, 1.165) is 34.8 Å². The molecule has 1 aromatic heterocycles. The lowest BCUT2D eigenvalue weighted by Crippen LogP contribution is -2.06. The van der Waals surface area contributed by atoms with Crippen LogP contribution in [0.1, 0.15) is 29.7 Å². The van der Waals surface area contributed by atoms with E-state index in [2.05, 4.69) is 4.98 Å². The summed E-state index contributed by atoms with van der Waals surface area (Å²) in [5.41, 5.74) is 2.00. The van der Waals surface area contributed by atoms with Crippen molar-refractivity contribution >= 4 is 22.6 Å². The van der Waals surface area contributed by atoms with Gasteiger partial charge in [0.25, 0.3) is 0 Å². The molecule has 4 nitrogen and oxygen atoms in total. The molecule has 0 spiro atoms. The van der Waals surface area contributed by atoms with Gasteiger partial charge in [-0.3, -0.25) is 0 Å². The quantitative estimate of drug-likeness (QED) is 0.286. The van der Waals surface area contributed by atoms with E-state index in [1.165, 1.54) is 6.33 Å². The molecule has 4 rings (SSSR count). The summed E-state index contributed by atoms with van der Waals surface area (Å²) < 4.78 is 52.3. The number of rotatable bonds is 7. The lowest BCUT2D eigenvalue weighted by Gasteiger charge is -2.16. The number of nitrogens with zero attached hydrogens (tertiary/aromatic N) is 2. The van der Waals surface area contributed by atoms with Gasteiger partial charge >= 0.3 is 6.18 Å². The molecule has 33 heavy (non-hydrogen) atoms. The van der Waals surface area contributed by atoms with Crippen molar-refractivity contribution in [2.24, 2.45) is 0 Å². The summed E-state index contributed by atoms with van der Waals surface area (Å²) in [4.78, 5) is 4.18. The number of aromatic nitrogens is 2. The molecular formula is C25H22ClF3N2O2. The van der Waals surface area contributed by atoms with Gasteiger partial charge in [0, 0.05) is 6.54 Å². The van der Waals surface area contributed by atoms with Crippen LogP contribution < -0.4 is 9.47 Å². The molecule has 4 aromatic rings. The molecule has 1 unspecified atom stereocenters. The molecule has 0 saturated carbocycles. The van der Waals surface area contributed by atoms with E-state index >= 15 is 0 Å². The molecule has 172 valence electrons. The number of aryl methyl sites for hydroxylation is 2. The van der Waals surface area contributed by atoms with Gasteiger partial charge in [0.15, 0.2) is 0 Å². The van der Waals surface area contributed by atoms with Gasteiger partial charge in [0.05, 0.1) is 29.5 Å². The Hall–Kier alpha value is -3.19. The van der Waals surface area contributed by atoms with Crippen LogP contribution in [-0.2, 0) is 19.1 Å². The zero-order chi connectivity index (χ0) is 23.6. The zero-order valence-corrected chi connectivity index (χ0v) is 18.8. The summed E-state index contributed by atoms with van der Waals surface area (Å²) >= 11 is 6.02. The Morgan fingerprint density at radius 3 is 2.30 bits per heavy atom. The smallest absolute Gasteiger partial charge is 0.416 e. The van der Waals surface area contributed by atoms with Crippen LogP contribution in [0.4, 0.5) is 13.2 Å². The van der Waals surface area contributed by atoms with E-state index in [1.54, 1.807) is 11.7 Å². The molecule has 1 atom stereocenters. The van der Waals surface area contributed by atoms with Crippen LogP contribution in [0, 0.1) is 0 Å². The van der Waals surface area contributed by atoms with E-state index in [-0.39, 0.29) is 11.1 Å². The number of halogens is 4. The van der Waals surface area contributed by atoms with Crippen LogP contribution in [0.25, 0.3) is 11.0 Å². The van der Waals surface area contributed by atoms with Gasteiger partial charge in [0.2, 0.25) is 0 Å². The Morgan fingerprint density at radius 1 is 1.00 bits per heavy atom. The summed E-state index contributed by atoms with van der Waals surface area (Å²) in [7, 11) is 1.63. The lowest BCUT2D eigenvalue weighted by molar-refractivity contribution is -0.137. The summed E-state index contributed by atoms with van der Waals surface area (Å²) in [6, 6.07) is 17.4. The van der Waals surface area contributed by atoms with Gasteiger partial charge in [-0.25, -0.2) is 4.98 Å². The fourth-order valence-electron chi connectivity index (χ4n) is 3.59. The summed E-state index contributed by atoms with van der Waals surface area (Å²) in [5.74, 6) is 1.52. The maximum Gasteiger partial charge on any atom is 0.416 e. The first-order valence-electron chi connectivity index (χ1n) is 10.4. The molecule has 0 aliphatic rings. The molecule has 0 N–H and O–H groups in total. The third kappa shape index (κ3) is 5.25. The number of alkyl halides is 3. The van der Waals surface area contributed by atoms with Crippen LogP contribution >= 0.6 is 11.6 Å². The van der Waals surface area contributed by atoms with Gasteiger partial charge in [-0.2, -0.15) is 13.2 Å². The highest BCUT2D eigenvalue weighted by molar-refractivity contribution is 6.35. The Kier molecular flexibility index (Phi) is 6.51. The van der Waals surface area contributed by atoms with E-state index in [4.69, 9.17) is 21.1 Å². The first-order valence-corrected chi connectivity index (χ1v) is 10.7. The number of fused-ring (bicyclic) bond motifs is 1. The first-order chi connectivity index (χ1) is 15.7. The standard InChI is InChI=1S/C25H22ClF3N2O2/c1-16(18-5-9-20(32-2)10-6-18)33-21-7-3-17(4-8-21)11-12-31-15-30-24-22(26)13-19(14-23(24)31)25(27,28)29/h3-10,13-16H,11-12H2,1-2H3. The molecule has 0 saturated heterocycles. The van der Waals surface area contributed by atoms with Crippen molar-refractivity contribution < 1.29 is 22.6 Å². The topological polar surface area (TPSA) is 36.3 Å². The molecule has 0 aliphatic carbocycles. The molecule has 0 fully saturated rings. The molecule has 0 bridgehead atoms. The number of ether oxygens (including phenoxy) is 2. The second-order valence-electron chi connectivity index (χ2n) is 7.69. The van der Waals surface area contributed by atoms with Crippen molar-refractivity contribution in [1.82, 2.24) is 9.55 Å². The van der Waals surface area contributed by atoms with Gasteiger partial charge in [-0.05, 0) is 60.9 Å². The van der Waals surface area contributed by atoms with Crippen LogP contribution in [0.2, 0.25) is 5.02 Å². The van der Waals surface area contributed by atoms with Gasteiger partial charge in [-0.15, -0.1) is 0 Å². The summed E-state index contributed by atoms with van der Waals surface area (Å²) in [5, 5.41) is -0.00828. The van der Waals surface area contributed by atoms with Gasteiger partial charge in [-0.1, -0.05) is 35.9 Å². The van der Waals surface area contributed by atoms with Crippen molar-refractivity contribution in [3.63, 3.8) is 0 Å². The van der Waals surface area contributed by atoms with E-state index in [9.17, 15) is 13.2 Å². The second-order valence-corrected chi connectivity index (χ2v) is 8.10. The fraction of sp³-hybridized carbons (Fsp3) is 0.240. The van der Waals surface area contributed by atoms with Gasteiger partial charge < -0.3 is 14.0 Å². The van der Waals surface area contributed by atoms with Gasteiger partial charge in [0.1, 0.15) is 23.1 Å². The molecule has 1 heterocycles. The SMILES string of the molecule is COc1ccc(C(C)Oc2ccc(CCn3cnc4c(Cl)cc(C(F)(F)F)cc43)cc2)cc1. The molecule has 0 radical (unpaired) electrons. The predicted molar refractivity (Wildman–Crippen MR) is 122 cm³/mol. The van der Waals surface area contributed by atoms with Crippen LogP contribution in [-0.4, -0.2) is 16.7 Å². The van der Waals surface area contributed by atoms with Crippen molar-refractivity contribution in [2.45, 2.75) is 32.2 Å². The third-order valence-corrected chi connectivity index (χ3v) is 5.76. The Bertz CT molecular complexity index is 1240. The Balaban J connectivity index is 1.42. The highest BCUT2D eigenvalue weighted by atomic mass is 35.5. The molecular weight excluding hydrogens is 453 g/mol. The number of methoxy groups -OCH3 is 1. The monoisotopic (exact) mass is 474 g/mol. The van der Waals surface area contributed by atoms with E-state index < -0.39 is 11.7 Å². The van der Waals surface area contributed by atoms with Crippen molar-refractivity contribution in [2.75, 3.05) is 7.11 Å². The third-order valence-electron chi connectivity index (χ3n) is 5.47.